The zero-order valence-corrected chi connectivity index (χ0v) is 14.7. The Bertz CT molecular complexity index is 699. The lowest BCUT2D eigenvalue weighted by molar-refractivity contribution is -0.120. The molecule has 5 nitrogen and oxygen atoms in total. The molecule has 132 valence electrons. The summed E-state index contributed by atoms with van der Waals surface area (Å²) in [6.45, 7) is 4.04. The first-order valence-corrected chi connectivity index (χ1v) is 8.50. The molecule has 0 saturated carbocycles. The minimum Gasteiger partial charge on any atom is -0.376 e. The van der Waals surface area contributed by atoms with Crippen molar-refractivity contribution in [2.75, 3.05) is 17.2 Å². The highest BCUT2D eigenvalue weighted by atomic mass is 16.2. The average Bonchev–Trinajstić information content (AvgIpc) is 2.59. The van der Waals surface area contributed by atoms with Crippen LogP contribution in [0.4, 0.5) is 11.4 Å². The summed E-state index contributed by atoms with van der Waals surface area (Å²) in [5, 5.41) is 8.77. The number of anilines is 2. The van der Waals surface area contributed by atoms with Gasteiger partial charge in [-0.3, -0.25) is 9.59 Å². The Morgan fingerprint density at radius 3 is 2.36 bits per heavy atom. The van der Waals surface area contributed by atoms with E-state index in [1.807, 2.05) is 68.4 Å². The summed E-state index contributed by atoms with van der Waals surface area (Å²) in [5.41, 5.74) is 2.65. The van der Waals surface area contributed by atoms with E-state index in [-0.39, 0.29) is 24.4 Å². The van der Waals surface area contributed by atoms with Gasteiger partial charge in [0.1, 0.15) is 0 Å². The fourth-order valence-corrected chi connectivity index (χ4v) is 2.39. The van der Waals surface area contributed by atoms with Gasteiger partial charge in [-0.05, 0) is 44.0 Å². The van der Waals surface area contributed by atoms with Crippen LogP contribution < -0.4 is 16.0 Å². The highest BCUT2D eigenvalue weighted by molar-refractivity contribution is 5.91. The van der Waals surface area contributed by atoms with Crippen molar-refractivity contribution in [3.05, 3.63) is 60.2 Å². The third-order valence-corrected chi connectivity index (χ3v) is 3.53. The van der Waals surface area contributed by atoms with Crippen LogP contribution in [0, 0.1) is 0 Å². The Labute approximate surface area is 148 Å². The summed E-state index contributed by atoms with van der Waals surface area (Å²) >= 11 is 0. The first-order chi connectivity index (χ1) is 12.0. The highest BCUT2D eigenvalue weighted by Gasteiger charge is 2.05. The van der Waals surface area contributed by atoms with Crippen molar-refractivity contribution in [2.45, 2.75) is 32.7 Å². The van der Waals surface area contributed by atoms with Crippen molar-refractivity contribution in [3.8, 4) is 0 Å². The van der Waals surface area contributed by atoms with Crippen LogP contribution in [0.1, 0.15) is 25.8 Å². The fraction of sp³-hybridized carbons (Fsp3) is 0.300. The summed E-state index contributed by atoms with van der Waals surface area (Å²) in [7, 11) is 0. The Morgan fingerprint density at radius 2 is 1.64 bits per heavy atom. The van der Waals surface area contributed by atoms with E-state index >= 15 is 0 Å². The van der Waals surface area contributed by atoms with E-state index in [0.29, 0.717) is 18.5 Å². The zero-order valence-electron chi connectivity index (χ0n) is 14.7. The molecule has 2 amide bonds. The molecule has 0 fully saturated rings. The molecule has 0 saturated heterocycles. The molecule has 2 aromatic rings. The SMILES string of the molecule is CC(C)NC(=O)CNc1cccc(NC(=O)CCc2ccccc2)c1. The van der Waals surface area contributed by atoms with Gasteiger partial charge in [-0.25, -0.2) is 0 Å². The molecule has 25 heavy (non-hydrogen) atoms. The maximum Gasteiger partial charge on any atom is 0.239 e. The van der Waals surface area contributed by atoms with Gasteiger partial charge in [0.2, 0.25) is 11.8 Å². The second-order valence-corrected chi connectivity index (χ2v) is 6.19. The van der Waals surface area contributed by atoms with Gasteiger partial charge < -0.3 is 16.0 Å². The molecule has 0 bridgehead atoms. The third-order valence-electron chi connectivity index (χ3n) is 3.53. The van der Waals surface area contributed by atoms with Gasteiger partial charge in [0.25, 0.3) is 0 Å². The maximum absolute atomic E-state index is 12.1. The molecule has 0 radical (unpaired) electrons. The smallest absolute Gasteiger partial charge is 0.239 e. The molecule has 2 rings (SSSR count). The van der Waals surface area contributed by atoms with E-state index in [0.717, 1.165) is 11.3 Å². The van der Waals surface area contributed by atoms with Crippen LogP contribution in [0.5, 0.6) is 0 Å². The van der Waals surface area contributed by atoms with Gasteiger partial charge in [0.05, 0.1) is 6.54 Å². The first kappa shape index (κ1) is 18.5. The summed E-state index contributed by atoms with van der Waals surface area (Å²) in [6.07, 6.45) is 1.14. The van der Waals surface area contributed by atoms with Crippen LogP contribution in [-0.4, -0.2) is 24.4 Å². The Kier molecular flexibility index (Phi) is 7.01. The number of rotatable bonds is 8. The van der Waals surface area contributed by atoms with Crippen molar-refractivity contribution in [2.24, 2.45) is 0 Å². The van der Waals surface area contributed by atoms with Crippen molar-refractivity contribution in [1.82, 2.24) is 5.32 Å². The van der Waals surface area contributed by atoms with Crippen molar-refractivity contribution >= 4 is 23.2 Å². The number of benzene rings is 2. The highest BCUT2D eigenvalue weighted by Crippen LogP contribution is 2.15. The minimum absolute atomic E-state index is 0.0291. The molecule has 3 N–H and O–H groups in total. The Morgan fingerprint density at radius 1 is 0.920 bits per heavy atom. The van der Waals surface area contributed by atoms with E-state index in [1.165, 1.54) is 0 Å². The van der Waals surface area contributed by atoms with Gasteiger partial charge in [0, 0.05) is 23.8 Å². The molecule has 0 heterocycles. The van der Waals surface area contributed by atoms with Crippen molar-refractivity contribution in [1.29, 1.82) is 0 Å². The Hall–Kier alpha value is -2.82. The molecular weight excluding hydrogens is 314 g/mol. The number of nitrogens with one attached hydrogen (secondary N) is 3. The normalized spacial score (nSPS) is 10.4. The average molecular weight is 339 g/mol. The van der Waals surface area contributed by atoms with E-state index in [9.17, 15) is 9.59 Å². The fourth-order valence-electron chi connectivity index (χ4n) is 2.39. The van der Waals surface area contributed by atoms with Crippen LogP contribution in [0.3, 0.4) is 0 Å². The van der Waals surface area contributed by atoms with E-state index < -0.39 is 0 Å². The van der Waals surface area contributed by atoms with Crippen molar-refractivity contribution in [3.63, 3.8) is 0 Å². The molecule has 0 spiro atoms. The summed E-state index contributed by atoms with van der Waals surface area (Å²) in [5.74, 6) is -0.0918. The topological polar surface area (TPSA) is 70.2 Å². The summed E-state index contributed by atoms with van der Waals surface area (Å²) < 4.78 is 0. The quantitative estimate of drug-likeness (QED) is 0.692. The van der Waals surface area contributed by atoms with Gasteiger partial charge in [-0.1, -0.05) is 36.4 Å². The van der Waals surface area contributed by atoms with E-state index in [2.05, 4.69) is 16.0 Å². The molecular formula is C20H25N3O2. The number of carbonyl (C=O) groups excluding carboxylic acids is 2. The number of aryl methyl sites for hydroxylation is 1. The molecule has 0 aliphatic heterocycles. The molecule has 5 heteroatoms. The van der Waals surface area contributed by atoms with Gasteiger partial charge in [-0.2, -0.15) is 0 Å². The Balaban J connectivity index is 1.82. The molecule has 0 aromatic heterocycles. The van der Waals surface area contributed by atoms with Crippen molar-refractivity contribution < 1.29 is 9.59 Å². The lowest BCUT2D eigenvalue weighted by Crippen LogP contribution is -2.34. The maximum atomic E-state index is 12.1. The van der Waals surface area contributed by atoms with E-state index in [4.69, 9.17) is 0 Å². The standard InChI is InChI=1S/C20H25N3O2/c1-15(2)22-20(25)14-21-17-9-6-10-18(13-17)23-19(24)12-11-16-7-4-3-5-8-16/h3-10,13,15,21H,11-12,14H2,1-2H3,(H,22,25)(H,23,24). The van der Waals surface area contributed by atoms with Crippen LogP contribution in [0.2, 0.25) is 0 Å². The largest absolute Gasteiger partial charge is 0.376 e. The molecule has 0 aliphatic carbocycles. The van der Waals surface area contributed by atoms with Crippen LogP contribution in [0.15, 0.2) is 54.6 Å². The zero-order chi connectivity index (χ0) is 18.1. The lowest BCUT2D eigenvalue weighted by atomic mass is 10.1. The predicted octanol–water partition coefficient (Wildman–Crippen LogP) is 3.19. The lowest BCUT2D eigenvalue weighted by Gasteiger charge is -2.11. The molecule has 2 aromatic carbocycles. The first-order valence-electron chi connectivity index (χ1n) is 8.50. The summed E-state index contributed by atoms with van der Waals surface area (Å²) in [6, 6.07) is 17.4. The second kappa shape index (κ2) is 9.47. The van der Waals surface area contributed by atoms with Crippen LogP contribution in [-0.2, 0) is 16.0 Å². The van der Waals surface area contributed by atoms with E-state index in [1.54, 1.807) is 0 Å². The van der Waals surface area contributed by atoms with Gasteiger partial charge >= 0.3 is 0 Å². The second-order valence-electron chi connectivity index (χ2n) is 6.19. The van der Waals surface area contributed by atoms with Gasteiger partial charge in [-0.15, -0.1) is 0 Å². The summed E-state index contributed by atoms with van der Waals surface area (Å²) in [4.78, 5) is 23.8. The minimum atomic E-state index is -0.0627. The van der Waals surface area contributed by atoms with Crippen LogP contribution >= 0.6 is 0 Å². The number of carbonyl (C=O) groups is 2. The number of hydrogen-bond acceptors (Lipinski definition) is 3. The third kappa shape index (κ3) is 7.08. The molecule has 0 atom stereocenters. The number of hydrogen-bond donors (Lipinski definition) is 3. The monoisotopic (exact) mass is 339 g/mol. The molecule has 0 unspecified atom stereocenters. The van der Waals surface area contributed by atoms with Crippen LogP contribution in [0.25, 0.3) is 0 Å². The van der Waals surface area contributed by atoms with Gasteiger partial charge in [0.15, 0.2) is 0 Å². The predicted molar refractivity (Wildman–Crippen MR) is 102 cm³/mol. The number of amides is 2. The molecule has 0 aliphatic rings.